The number of thiophene rings is 1. The molecule has 3 heterocycles. The lowest BCUT2D eigenvalue weighted by Crippen LogP contribution is -2.06. The van der Waals surface area contributed by atoms with Crippen LogP contribution in [0, 0.1) is 0 Å². The molecule has 0 bridgehead atoms. The molecule has 0 amide bonds. The monoisotopic (exact) mass is 286 g/mol. The van der Waals surface area contributed by atoms with Crippen molar-refractivity contribution in [2.75, 3.05) is 19.0 Å². The molecular weight excluding hydrogens is 272 g/mol. The third-order valence-electron chi connectivity index (χ3n) is 2.84. The van der Waals surface area contributed by atoms with E-state index < -0.39 is 0 Å². The lowest BCUT2D eigenvalue weighted by Gasteiger charge is -2.07. The summed E-state index contributed by atoms with van der Waals surface area (Å²) in [4.78, 5) is 14.0. The van der Waals surface area contributed by atoms with Gasteiger partial charge in [0.25, 0.3) is 0 Å². The molecule has 5 nitrogen and oxygen atoms in total. The van der Waals surface area contributed by atoms with Gasteiger partial charge in [-0.3, -0.25) is 4.98 Å². The minimum Gasteiger partial charge on any atom is -0.477 e. The van der Waals surface area contributed by atoms with Gasteiger partial charge in [0.05, 0.1) is 12.0 Å². The van der Waals surface area contributed by atoms with E-state index in [1.54, 1.807) is 24.6 Å². The molecule has 0 atom stereocenters. The summed E-state index contributed by atoms with van der Waals surface area (Å²) in [5.41, 5.74) is 1.01. The van der Waals surface area contributed by atoms with Crippen molar-refractivity contribution >= 4 is 27.5 Å². The lowest BCUT2D eigenvalue weighted by atomic mass is 10.3. The number of fused-ring (bicyclic) bond motifs is 1. The summed E-state index contributed by atoms with van der Waals surface area (Å²) in [6, 6.07) is 7.85. The van der Waals surface area contributed by atoms with E-state index in [2.05, 4.69) is 20.3 Å². The standard InChI is InChI=1S/C14H14N4OS/c1-15-14-17-12(11-6-9-20-13(11)18-14)19-8-5-10-4-2-3-7-16-10/h2-4,6-7,9H,5,8H2,1H3,(H,15,17,18). The molecule has 0 saturated carbocycles. The minimum absolute atomic E-state index is 0.544. The maximum Gasteiger partial charge on any atom is 0.227 e. The number of nitrogens with zero attached hydrogens (tertiary/aromatic N) is 3. The van der Waals surface area contributed by atoms with Gasteiger partial charge in [-0.2, -0.15) is 4.98 Å². The quantitative estimate of drug-likeness (QED) is 0.781. The molecule has 0 aliphatic heterocycles. The summed E-state index contributed by atoms with van der Waals surface area (Å²) in [6.07, 6.45) is 2.54. The van der Waals surface area contributed by atoms with E-state index in [4.69, 9.17) is 4.74 Å². The SMILES string of the molecule is CNc1nc(OCCc2ccccn2)c2ccsc2n1. The van der Waals surface area contributed by atoms with Gasteiger partial charge in [-0.05, 0) is 23.6 Å². The Morgan fingerprint density at radius 1 is 1.25 bits per heavy atom. The molecule has 0 fully saturated rings. The fraction of sp³-hybridized carbons (Fsp3) is 0.214. The second-order valence-electron chi connectivity index (χ2n) is 4.16. The largest absolute Gasteiger partial charge is 0.477 e. The van der Waals surface area contributed by atoms with Gasteiger partial charge in [0.15, 0.2) is 0 Å². The third kappa shape index (κ3) is 2.70. The van der Waals surface area contributed by atoms with Crippen molar-refractivity contribution in [1.29, 1.82) is 0 Å². The number of ether oxygens (including phenoxy) is 1. The smallest absolute Gasteiger partial charge is 0.227 e. The zero-order valence-electron chi connectivity index (χ0n) is 11.0. The van der Waals surface area contributed by atoms with E-state index in [1.807, 2.05) is 29.6 Å². The number of hydrogen-bond donors (Lipinski definition) is 1. The molecule has 0 saturated heterocycles. The summed E-state index contributed by atoms with van der Waals surface area (Å²) >= 11 is 1.58. The molecule has 0 aromatic carbocycles. The number of anilines is 1. The number of aromatic nitrogens is 3. The Morgan fingerprint density at radius 3 is 3.00 bits per heavy atom. The first-order valence-electron chi connectivity index (χ1n) is 6.32. The number of pyridine rings is 1. The molecule has 3 aromatic rings. The molecule has 6 heteroatoms. The van der Waals surface area contributed by atoms with Crippen LogP contribution in [0.1, 0.15) is 5.69 Å². The van der Waals surface area contributed by atoms with Crippen LogP contribution in [0.2, 0.25) is 0 Å². The van der Waals surface area contributed by atoms with Crippen molar-refractivity contribution in [1.82, 2.24) is 15.0 Å². The molecule has 20 heavy (non-hydrogen) atoms. The second kappa shape index (κ2) is 5.83. The van der Waals surface area contributed by atoms with Crippen LogP contribution in [0.25, 0.3) is 10.2 Å². The van der Waals surface area contributed by atoms with Gasteiger partial charge >= 0.3 is 0 Å². The van der Waals surface area contributed by atoms with Gasteiger partial charge in [-0.15, -0.1) is 11.3 Å². The van der Waals surface area contributed by atoms with E-state index in [1.165, 1.54) is 0 Å². The van der Waals surface area contributed by atoms with Crippen LogP contribution in [0.4, 0.5) is 5.95 Å². The average Bonchev–Trinajstić information content (AvgIpc) is 2.96. The molecule has 0 unspecified atom stereocenters. The maximum atomic E-state index is 5.80. The maximum absolute atomic E-state index is 5.80. The number of hydrogen-bond acceptors (Lipinski definition) is 6. The minimum atomic E-state index is 0.544. The molecule has 0 aliphatic rings. The number of nitrogens with one attached hydrogen (secondary N) is 1. The van der Waals surface area contributed by atoms with E-state index in [9.17, 15) is 0 Å². The summed E-state index contributed by atoms with van der Waals surface area (Å²) < 4.78 is 5.80. The first kappa shape index (κ1) is 12.8. The molecule has 1 N–H and O–H groups in total. The molecule has 3 rings (SSSR count). The van der Waals surface area contributed by atoms with Crippen LogP contribution < -0.4 is 10.1 Å². The highest BCUT2D eigenvalue weighted by atomic mass is 32.1. The molecule has 102 valence electrons. The second-order valence-corrected chi connectivity index (χ2v) is 5.06. The third-order valence-corrected chi connectivity index (χ3v) is 3.64. The van der Waals surface area contributed by atoms with Crippen molar-refractivity contribution in [2.45, 2.75) is 6.42 Å². The molecule has 0 aliphatic carbocycles. The predicted octanol–water partition coefficient (Wildman–Crippen LogP) is 2.75. The molecule has 0 spiro atoms. The van der Waals surface area contributed by atoms with E-state index in [-0.39, 0.29) is 0 Å². The first-order chi connectivity index (χ1) is 9.86. The highest BCUT2D eigenvalue weighted by molar-refractivity contribution is 7.16. The van der Waals surface area contributed by atoms with Gasteiger partial charge in [0, 0.05) is 25.4 Å². The van der Waals surface area contributed by atoms with Crippen LogP contribution in [-0.4, -0.2) is 28.6 Å². The van der Waals surface area contributed by atoms with Crippen LogP contribution in [0.5, 0.6) is 5.88 Å². The number of rotatable bonds is 5. The Kier molecular flexibility index (Phi) is 3.73. The average molecular weight is 286 g/mol. The molecule has 0 radical (unpaired) electrons. The van der Waals surface area contributed by atoms with Gasteiger partial charge in [0.1, 0.15) is 4.83 Å². The predicted molar refractivity (Wildman–Crippen MR) is 80.4 cm³/mol. The zero-order valence-corrected chi connectivity index (χ0v) is 11.9. The fourth-order valence-corrected chi connectivity index (χ4v) is 2.60. The first-order valence-corrected chi connectivity index (χ1v) is 7.20. The van der Waals surface area contributed by atoms with E-state index in [0.29, 0.717) is 18.4 Å². The van der Waals surface area contributed by atoms with Gasteiger partial charge in [-0.25, -0.2) is 4.98 Å². The normalized spacial score (nSPS) is 10.7. The van der Waals surface area contributed by atoms with Gasteiger partial charge in [-0.1, -0.05) is 6.07 Å². The van der Waals surface area contributed by atoms with Crippen molar-refractivity contribution in [2.24, 2.45) is 0 Å². The van der Waals surface area contributed by atoms with Crippen molar-refractivity contribution in [3.8, 4) is 5.88 Å². The zero-order chi connectivity index (χ0) is 13.8. The molecule has 3 aromatic heterocycles. The Labute approximate surface area is 120 Å². The fourth-order valence-electron chi connectivity index (χ4n) is 1.85. The van der Waals surface area contributed by atoms with Gasteiger partial charge < -0.3 is 10.1 Å². The Balaban J connectivity index is 1.75. The van der Waals surface area contributed by atoms with Crippen LogP contribution in [0.3, 0.4) is 0 Å². The summed E-state index contributed by atoms with van der Waals surface area (Å²) in [7, 11) is 1.80. The van der Waals surface area contributed by atoms with Crippen LogP contribution in [0.15, 0.2) is 35.8 Å². The highest BCUT2D eigenvalue weighted by Gasteiger charge is 2.09. The van der Waals surface area contributed by atoms with Crippen molar-refractivity contribution in [3.63, 3.8) is 0 Å². The highest BCUT2D eigenvalue weighted by Crippen LogP contribution is 2.28. The summed E-state index contributed by atoms with van der Waals surface area (Å²) in [5.74, 6) is 1.20. The van der Waals surface area contributed by atoms with Crippen LogP contribution in [-0.2, 0) is 6.42 Å². The topological polar surface area (TPSA) is 59.9 Å². The van der Waals surface area contributed by atoms with Crippen LogP contribution >= 0.6 is 11.3 Å². The van der Waals surface area contributed by atoms with Gasteiger partial charge in [0.2, 0.25) is 11.8 Å². The Morgan fingerprint density at radius 2 is 2.20 bits per heavy atom. The lowest BCUT2D eigenvalue weighted by molar-refractivity contribution is 0.312. The molecular formula is C14H14N4OS. The summed E-state index contributed by atoms with van der Waals surface area (Å²) in [6.45, 7) is 0.544. The van der Waals surface area contributed by atoms with E-state index >= 15 is 0 Å². The summed E-state index contributed by atoms with van der Waals surface area (Å²) in [5, 5.41) is 5.89. The van der Waals surface area contributed by atoms with Crippen molar-refractivity contribution in [3.05, 3.63) is 41.5 Å². The Bertz CT molecular complexity index is 699. The van der Waals surface area contributed by atoms with E-state index in [0.717, 1.165) is 22.3 Å². The Hall–Kier alpha value is -2.21. The van der Waals surface area contributed by atoms with Crippen molar-refractivity contribution < 1.29 is 4.74 Å².